The van der Waals surface area contributed by atoms with Crippen LogP contribution in [0, 0.1) is 12.7 Å². The van der Waals surface area contributed by atoms with Gasteiger partial charge in [-0.2, -0.15) is 15.4 Å². The van der Waals surface area contributed by atoms with Crippen LogP contribution >= 0.6 is 0 Å². The zero-order chi connectivity index (χ0) is 17.2. The molecule has 0 saturated heterocycles. The summed E-state index contributed by atoms with van der Waals surface area (Å²) in [6, 6.07) is 15.8. The molecule has 0 radical (unpaired) electrons. The smallest absolute Gasteiger partial charge is 0.139 e. The fraction of sp³-hybridized carbons (Fsp3) is 0.0526. The Morgan fingerprint density at radius 3 is 2.44 bits per heavy atom. The van der Waals surface area contributed by atoms with E-state index in [2.05, 4.69) is 25.4 Å². The van der Waals surface area contributed by atoms with Crippen LogP contribution in [0.3, 0.4) is 0 Å². The van der Waals surface area contributed by atoms with E-state index in [4.69, 9.17) is 0 Å². The minimum Gasteiger partial charge on any atom is -0.256 e. The fourth-order valence-corrected chi connectivity index (χ4v) is 2.64. The summed E-state index contributed by atoms with van der Waals surface area (Å²) in [6.45, 7) is 1.93. The number of aromatic nitrogens is 5. The lowest BCUT2D eigenvalue weighted by atomic mass is 10.1. The van der Waals surface area contributed by atoms with Crippen molar-refractivity contribution in [2.75, 3.05) is 0 Å². The minimum atomic E-state index is -0.274. The van der Waals surface area contributed by atoms with Crippen LogP contribution in [-0.4, -0.2) is 25.4 Å². The number of rotatable bonds is 3. The monoisotopic (exact) mass is 331 g/mol. The van der Waals surface area contributed by atoms with Gasteiger partial charge in [0.25, 0.3) is 0 Å². The Morgan fingerprint density at radius 1 is 0.840 bits per heavy atom. The Hall–Kier alpha value is -3.41. The summed E-state index contributed by atoms with van der Waals surface area (Å²) in [4.78, 5) is 8.88. The van der Waals surface area contributed by atoms with Gasteiger partial charge in [-0.1, -0.05) is 6.07 Å². The third-order valence-corrected chi connectivity index (χ3v) is 3.85. The van der Waals surface area contributed by atoms with Gasteiger partial charge in [0.2, 0.25) is 0 Å². The zero-order valence-corrected chi connectivity index (χ0v) is 13.4. The molecule has 4 rings (SSSR count). The molecule has 5 nitrogen and oxygen atoms in total. The predicted molar refractivity (Wildman–Crippen MR) is 93.0 cm³/mol. The molecule has 25 heavy (non-hydrogen) atoms. The zero-order valence-electron chi connectivity index (χ0n) is 13.4. The van der Waals surface area contributed by atoms with Crippen LogP contribution in [0.1, 0.15) is 5.69 Å². The summed E-state index contributed by atoms with van der Waals surface area (Å²) >= 11 is 0. The molecule has 4 aromatic rings. The number of nitrogens with zero attached hydrogens (tertiary/aromatic N) is 4. The molecule has 1 aromatic carbocycles. The highest BCUT2D eigenvalue weighted by Crippen LogP contribution is 2.29. The fourth-order valence-electron chi connectivity index (χ4n) is 2.64. The van der Waals surface area contributed by atoms with Crippen molar-refractivity contribution in [2.24, 2.45) is 0 Å². The van der Waals surface area contributed by atoms with E-state index in [9.17, 15) is 4.39 Å². The normalized spacial score (nSPS) is 10.8. The Balaban J connectivity index is 1.78. The van der Waals surface area contributed by atoms with Crippen molar-refractivity contribution < 1.29 is 4.39 Å². The van der Waals surface area contributed by atoms with Crippen molar-refractivity contribution in [3.8, 4) is 33.9 Å². The molecule has 0 atom stereocenters. The van der Waals surface area contributed by atoms with E-state index in [0.29, 0.717) is 11.4 Å². The Morgan fingerprint density at radius 2 is 1.64 bits per heavy atom. The Kier molecular flexibility index (Phi) is 3.78. The van der Waals surface area contributed by atoms with Gasteiger partial charge in [0.1, 0.15) is 17.2 Å². The summed E-state index contributed by atoms with van der Waals surface area (Å²) in [5.74, 6) is -0.274. The molecular formula is C19H14FN5. The predicted octanol–water partition coefficient (Wildman–Crippen LogP) is 4.04. The average molecular weight is 331 g/mol. The maximum absolute atomic E-state index is 13.1. The number of nitrogens with one attached hydrogen (secondary N) is 1. The van der Waals surface area contributed by atoms with Gasteiger partial charge in [-0.3, -0.25) is 9.97 Å². The number of halogens is 1. The van der Waals surface area contributed by atoms with Gasteiger partial charge in [0.05, 0.1) is 11.4 Å². The van der Waals surface area contributed by atoms with Crippen LogP contribution in [0.4, 0.5) is 4.39 Å². The molecule has 3 aromatic heterocycles. The van der Waals surface area contributed by atoms with Crippen LogP contribution in [0.5, 0.6) is 0 Å². The third-order valence-electron chi connectivity index (χ3n) is 3.85. The first kappa shape index (κ1) is 15.1. The summed E-state index contributed by atoms with van der Waals surface area (Å²) in [5.41, 5.74) is 5.48. The van der Waals surface area contributed by atoms with Gasteiger partial charge >= 0.3 is 0 Å². The van der Waals surface area contributed by atoms with Gasteiger partial charge in [-0.05, 0) is 55.5 Å². The molecular weight excluding hydrogens is 317 g/mol. The van der Waals surface area contributed by atoms with Gasteiger partial charge in [0, 0.05) is 23.0 Å². The molecule has 1 N–H and O–H groups in total. The van der Waals surface area contributed by atoms with Crippen molar-refractivity contribution in [1.82, 2.24) is 25.4 Å². The number of aryl methyl sites for hydroxylation is 1. The van der Waals surface area contributed by atoms with E-state index in [1.165, 1.54) is 12.1 Å². The van der Waals surface area contributed by atoms with Gasteiger partial charge < -0.3 is 0 Å². The molecule has 0 spiro atoms. The molecule has 6 heteroatoms. The van der Waals surface area contributed by atoms with E-state index < -0.39 is 0 Å². The lowest BCUT2D eigenvalue weighted by molar-refractivity contribution is 0.628. The third kappa shape index (κ3) is 3.01. The summed E-state index contributed by atoms with van der Waals surface area (Å²) < 4.78 is 13.1. The van der Waals surface area contributed by atoms with Gasteiger partial charge in [-0.25, -0.2) is 4.39 Å². The molecule has 0 aliphatic carbocycles. The van der Waals surface area contributed by atoms with Crippen molar-refractivity contribution >= 4 is 0 Å². The number of H-pyrrole nitrogens is 1. The van der Waals surface area contributed by atoms with E-state index in [0.717, 1.165) is 28.2 Å². The van der Waals surface area contributed by atoms with Crippen LogP contribution in [0.2, 0.25) is 0 Å². The second-order valence-electron chi connectivity index (χ2n) is 5.62. The summed E-state index contributed by atoms with van der Waals surface area (Å²) in [7, 11) is 0. The number of hydrogen-bond donors (Lipinski definition) is 1. The topological polar surface area (TPSA) is 67.3 Å². The van der Waals surface area contributed by atoms with Crippen molar-refractivity contribution in [3.63, 3.8) is 0 Å². The lowest BCUT2D eigenvalue weighted by Crippen LogP contribution is -1.91. The molecule has 0 aliphatic heterocycles. The molecule has 0 fully saturated rings. The second kappa shape index (κ2) is 6.24. The molecule has 3 heterocycles. The summed E-state index contributed by atoms with van der Waals surface area (Å²) in [6.07, 6.45) is 1.70. The van der Waals surface area contributed by atoms with E-state index >= 15 is 0 Å². The van der Waals surface area contributed by atoms with Gasteiger partial charge in [0.15, 0.2) is 0 Å². The summed E-state index contributed by atoms with van der Waals surface area (Å²) in [5, 5.41) is 11.2. The highest BCUT2D eigenvalue weighted by Gasteiger charge is 2.14. The van der Waals surface area contributed by atoms with E-state index in [1.54, 1.807) is 18.3 Å². The first-order valence-electron chi connectivity index (χ1n) is 7.78. The lowest BCUT2D eigenvalue weighted by Gasteiger charge is -2.05. The standard InChI is InChI=1S/C19H14FN5/c1-12-3-2-4-16(22-12)19-18(23-25-24-19)14-9-10-21-17(11-14)13-5-7-15(20)8-6-13/h2-11H,1H3,(H,23,24,25). The largest absolute Gasteiger partial charge is 0.256 e. The molecule has 122 valence electrons. The van der Waals surface area contributed by atoms with Crippen LogP contribution in [-0.2, 0) is 0 Å². The molecule has 0 unspecified atom stereocenters. The highest BCUT2D eigenvalue weighted by atomic mass is 19.1. The Labute approximate surface area is 143 Å². The number of benzene rings is 1. The van der Waals surface area contributed by atoms with Gasteiger partial charge in [-0.15, -0.1) is 0 Å². The maximum Gasteiger partial charge on any atom is 0.139 e. The second-order valence-corrected chi connectivity index (χ2v) is 5.62. The average Bonchev–Trinajstić information content (AvgIpc) is 3.12. The first-order valence-corrected chi connectivity index (χ1v) is 7.78. The Bertz CT molecular complexity index is 1020. The van der Waals surface area contributed by atoms with Crippen molar-refractivity contribution in [2.45, 2.75) is 6.92 Å². The van der Waals surface area contributed by atoms with Crippen LogP contribution < -0.4 is 0 Å². The molecule has 0 amide bonds. The molecule has 0 bridgehead atoms. The number of hydrogen-bond acceptors (Lipinski definition) is 4. The highest BCUT2D eigenvalue weighted by molar-refractivity contribution is 5.77. The van der Waals surface area contributed by atoms with E-state index in [-0.39, 0.29) is 5.82 Å². The molecule has 0 saturated carbocycles. The van der Waals surface area contributed by atoms with E-state index in [1.807, 2.05) is 37.3 Å². The quantitative estimate of drug-likeness (QED) is 0.615. The number of pyridine rings is 2. The van der Waals surface area contributed by atoms with Crippen molar-refractivity contribution in [1.29, 1.82) is 0 Å². The first-order chi connectivity index (χ1) is 12.2. The SMILES string of the molecule is Cc1cccc(-c2n[nH]nc2-c2ccnc(-c3ccc(F)cc3)c2)n1. The van der Waals surface area contributed by atoms with Crippen LogP contribution in [0.15, 0.2) is 60.8 Å². The van der Waals surface area contributed by atoms with Crippen LogP contribution in [0.25, 0.3) is 33.9 Å². The minimum absolute atomic E-state index is 0.274. The maximum atomic E-state index is 13.1. The van der Waals surface area contributed by atoms with Crippen molar-refractivity contribution in [3.05, 3.63) is 72.3 Å². The molecule has 0 aliphatic rings. The number of aromatic amines is 1.